The number of rotatable bonds is 4. The van der Waals surface area contributed by atoms with Gasteiger partial charge in [-0.25, -0.2) is 4.59 Å². The van der Waals surface area contributed by atoms with Crippen molar-refractivity contribution in [1.82, 2.24) is 5.43 Å². The number of carbonyl (C=O) groups excluding carboxylic acids is 1. The highest BCUT2D eigenvalue weighted by Gasteiger charge is 2.41. The molecule has 0 aromatic heterocycles. The zero-order chi connectivity index (χ0) is 17.3. The van der Waals surface area contributed by atoms with E-state index in [-0.39, 0.29) is 5.91 Å². The van der Waals surface area contributed by atoms with Crippen molar-refractivity contribution >= 4 is 17.5 Å². The molecular formula is C21H24ClN2O+. The summed E-state index contributed by atoms with van der Waals surface area (Å²) in [6.07, 6.45) is 4.42. The van der Waals surface area contributed by atoms with Crippen LogP contribution in [0.25, 0.3) is 0 Å². The Morgan fingerprint density at radius 2 is 1.72 bits per heavy atom. The number of piperidine rings is 3. The Kier molecular flexibility index (Phi) is 4.53. The number of benzene rings is 2. The molecule has 130 valence electrons. The van der Waals surface area contributed by atoms with Gasteiger partial charge in [-0.3, -0.25) is 4.79 Å². The Hall–Kier alpha value is -1.84. The molecule has 0 aliphatic carbocycles. The molecule has 1 amide bonds. The van der Waals surface area contributed by atoms with Gasteiger partial charge in [-0.2, -0.15) is 5.43 Å². The molecule has 5 rings (SSSR count). The van der Waals surface area contributed by atoms with Crippen LogP contribution < -0.4 is 5.43 Å². The molecule has 0 radical (unpaired) electrons. The molecule has 3 fully saturated rings. The molecule has 0 saturated carbocycles. The second-order valence-electron chi connectivity index (χ2n) is 7.45. The van der Waals surface area contributed by atoms with Crippen LogP contribution >= 0.6 is 11.6 Å². The van der Waals surface area contributed by atoms with E-state index in [1.807, 2.05) is 36.4 Å². The number of hydrogen-bond donors (Lipinski definition) is 1. The Labute approximate surface area is 154 Å². The summed E-state index contributed by atoms with van der Waals surface area (Å²) >= 11 is 6.21. The molecule has 1 N–H and O–H groups in total. The maximum Gasteiger partial charge on any atom is 0.296 e. The zero-order valence-corrected chi connectivity index (χ0v) is 15.1. The number of quaternary nitrogens is 1. The lowest BCUT2D eigenvalue weighted by Crippen LogP contribution is -2.66. The molecule has 3 aliphatic rings. The van der Waals surface area contributed by atoms with E-state index in [1.165, 1.54) is 24.8 Å². The van der Waals surface area contributed by atoms with Crippen LogP contribution in [0.15, 0.2) is 48.5 Å². The van der Waals surface area contributed by atoms with E-state index in [4.69, 9.17) is 11.6 Å². The molecule has 0 unspecified atom stereocenters. The van der Waals surface area contributed by atoms with Gasteiger partial charge in [-0.1, -0.05) is 41.9 Å². The first-order valence-electron chi connectivity index (χ1n) is 9.15. The summed E-state index contributed by atoms with van der Waals surface area (Å²) in [7, 11) is 0. The minimum Gasteiger partial charge on any atom is -0.264 e. The van der Waals surface area contributed by atoms with Gasteiger partial charge in [-0.05, 0) is 41.7 Å². The van der Waals surface area contributed by atoms with Crippen molar-refractivity contribution in [3.05, 3.63) is 70.2 Å². The van der Waals surface area contributed by atoms with E-state index in [0.717, 1.165) is 41.3 Å². The quantitative estimate of drug-likeness (QED) is 0.818. The van der Waals surface area contributed by atoms with Crippen LogP contribution in [0, 0.1) is 5.92 Å². The SMILES string of the molecule is O=C(N[N+]12CCC(CC1)CC2)c1ccc(Cl)cc1Cc1ccccc1. The van der Waals surface area contributed by atoms with Gasteiger partial charge in [0.15, 0.2) is 0 Å². The summed E-state index contributed by atoms with van der Waals surface area (Å²) in [6, 6.07) is 15.8. The maximum absolute atomic E-state index is 13.0. The highest BCUT2D eigenvalue weighted by atomic mass is 35.5. The van der Waals surface area contributed by atoms with Gasteiger partial charge in [-0.15, -0.1) is 0 Å². The topological polar surface area (TPSA) is 29.1 Å². The lowest BCUT2D eigenvalue weighted by molar-refractivity contribution is -0.974. The van der Waals surface area contributed by atoms with Crippen molar-refractivity contribution in [2.24, 2.45) is 5.92 Å². The number of nitrogens with one attached hydrogen (secondary N) is 1. The second kappa shape index (κ2) is 6.81. The Morgan fingerprint density at radius 3 is 2.40 bits per heavy atom. The fraction of sp³-hybridized carbons (Fsp3) is 0.381. The first kappa shape index (κ1) is 16.6. The molecule has 3 aliphatic heterocycles. The minimum absolute atomic E-state index is 0.0305. The summed E-state index contributed by atoms with van der Waals surface area (Å²) in [5.41, 5.74) is 6.25. The summed E-state index contributed by atoms with van der Waals surface area (Å²) in [5, 5.41) is 0.674. The van der Waals surface area contributed by atoms with Crippen LogP contribution in [0.4, 0.5) is 0 Å². The van der Waals surface area contributed by atoms with Gasteiger partial charge in [0.2, 0.25) is 0 Å². The highest BCUT2D eigenvalue weighted by Crippen LogP contribution is 2.32. The fourth-order valence-electron chi connectivity index (χ4n) is 4.25. The van der Waals surface area contributed by atoms with Gasteiger partial charge in [0.25, 0.3) is 5.91 Å². The van der Waals surface area contributed by atoms with Crippen molar-refractivity contribution in [1.29, 1.82) is 0 Å². The molecule has 2 aromatic rings. The smallest absolute Gasteiger partial charge is 0.264 e. The van der Waals surface area contributed by atoms with Gasteiger partial charge < -0.3 is 0 Å². The minimum atomic E-state index is 0.0305. The van der Waals surface area contributed by atoms with Gasteiger partial charge in [0, 0.05) is 29.8 Å². The Bertz CT molecular complexity index is 753. The normalized spacial score (nSPS) is 24.9. The number of nitrogens with zero attached hydrogens (tertiary/aromatic N) is 1. The Morgan fingerprint density at radius 1 is 1.04 bits per heavy atom. The maximum atomic E-state index is 13.0. The predicted molar refractivity (Wildman–Crippen MR) is 100 cm³/mol. The molecule has 0 spiro atoms. The molecule has 2 bridgehead atoms. The molecule has 3 saturated heterocycles. The van der Waals surface area contributed by atoms with E-state index in [0.29, 0.717) is 11.4 Å². The first-order valence-corrected chi connectivity index (χ1v) is 9.52. The summed E-state index contributed by atoms with van der Waals surface area (Å²) in [4.78, 5) is 13.0. The average Bonchev–Trinajstić information content (AvgIpc) is 2.64. The molecule has 4 heteroatoms. The summed E-state index contributed by atoms with van der Waals surface area (Å²) in [6.45, 7) is 3.20. The number of carbonyl (C=O) groups is 1. The van der Waals surface area contributed by atoms with E-state index in [9.17, 15) is 4.79 Å². The van der Waals surface area contributed by atoms with Crippen LogP contribution in [0.3, 0.4) is 0 Å². The third-order valence-corrected chi connectivity index (χ3v) is 6.02. The standard InChI is InChI=1S/C21H23ClN2O/c22-19-6-7-20(18(15-19)14-17-4-2-1-3-5-17)21(25)23-24-11-8-16(9-12-24)10-13-24/h1-7,15-16H,8-14H2/p+1. The monoisotopic (exact) mass is 355 g/mol. The second-order valence-corrected chi connectivity index (χ2v) is 7.89. The van der Waals surface area contributed by atoms with Crippen LogP contribution in [0.2, 0.25) is 5.02 Å². The summed E-state index contributed by atoms with van der Waals surface area (Å²) < 4.78 is 0.753. The highest BCUT2D eigenvalue weighted by molar-refractivity contribution is 6.30. The van der Waals surface area contributed by atoms with Crippen molar-refractivity contribution in [3.63, 3.8) is 0 Å². The number of hydrogen-bond acceptors (Lipinski definition) is 1. The lowest BCUT2D eigenvalue weighted by atomic mass is 9.87. The average molecular weight is 356 g/mol. The zero-order valence-electron chi connectivity index (χ0n) is 14.4. The number of fused-ring (bicyclic) bond motifs is 3. The van der Waals surface area contributed by atoms with Crippen LogP contribution in [-0.4, -0.2) is 30.1 Å². The molecule has 0 atom stereocenters. The van der Waals surface area contributed by atoms with E-state index < -0.39 is 0 Å². The third kappa shape index (κ3) is 3.58. The number of halogens is 1. The van der Waals surface area contributed by atoms with E-state index in [2.05, 4.69) is 17.6 Å². The van der Waals surface area contributed by atoms with Gasteiger partial charge >= 0.3 is 0 Å². The van der Waals surface area contributed by atoms with E-state index in [1.54, 1.807) is 0 Å². The molecule has 2 aromatic carbocycles. The lowest BCUT2D eigenvalue weighted by Gasteiger charge is -2.47. The number of amides is 1. The predicted octanol–water partition coefficient (Wildman–Crippen LogP) is 4.21. The molecule has 3 heterocycles. The van der Waals surface area contributed by atoms with Crippen LogP contribution in [0.5, 0.6) is 0 Å². The fourth-order valence-corrected chi connectivity index (χ4v) is 4.44. The van der Waals surface area contributed by atoms with Gasteiger partial charge in [0.05, 0.1) is 0 Å². The van der Waals surface area contributed by atoms with Gasteiger partial charge in [0.1, 0.15) is 19.6 Å². The Balaban J connectivity index is 1.57. The van der Waals surface area contributed by atoms with Crippen LogP contribution in [0.1, 0.15) is 40.7 Å². The van der Waals surface area contributed by atoms with Crippen molar-refractivity contribution in [3.8, 4) is 0 Å². The first-order chi connectivity index (χ1) is 12.1. The van der Waals surface area contributed by atoms with Crippen molar-refractivity contribution < 1.29 is 9.39 Å². The summed E-state index contributed by atoms with van der Waals surface area (Å²) in [5.74, 6) is 0.907. The van der Waals surface area contributed by atoms with Crippen molar-refractivity contribution in [2.45, 2.75) is 25.7 Å². The third-order valence-electron chi connectivity index (χ3n) is 5.78. The molecule has 3 nitrogen and oxygen atoms in total. The molecular weight excluding hydrogens is 332 g/mol. The van der Waals surface area contributed by atoms with Crippen molar-refractivity contribution in [2.75, 3.05) is 19.6 Å². The van der Waals surface area contributed by atoms with Crippen LogP contribution in [-0.2, 0) is 6.42 Å². The molecule has 25 heavy (non-hydrogen) atoms. The van der Waals surface area contributed by atoms with E-state index >= 15 is 0 Å². The largest absolute Gasteiger partial charge is 0.296 e.